The highest BCUT2D eigenvalue weighted by Crippen LogP contribution is 2.30. The summed E-state index contributed by atoms with van der Waals surface area (Å²) in [5.41, 5.74) is 2.62. The maximum absolute atomic E-state index is 12.2. The molecule has 9 nitrogen and oxygen atoms in total. The largest absolute Gasteiger partial charge is 0.444 e. The molecule has 3 N–H and O–H groups in total. The number of aliphatic hydroxyl groups excluding tert-OH is 1. The number of aliphatic hydroxyl groups is 1. The van der Waals surface area contributed by atoms with Gasteiger partial charge in [-0.15, -0.1) is 0 Å². The number of rotatable bonds is 6. The van der Waals surface area contributed by atoms with E-state index < -0.39 is 32.7 Å². The van der Waals surface area contributed by atoms with E-state index in [2.05, 4.69) is 11.8 Å². The first-order chi connectivity index (χ1) is 13.1. The molecule has 1 aliphatic heterocycles. The smallest absolute Gasteiger partial charge is 0.414 e. The van der Waals surface area contributed by atoms with Crippen molar-refractivity contribution in [1.82, 2.24) is 5.48 Å². The number of ether oxygens (including phenoxy) is 1. The molecule has 2 rings (SSSR count). The second kappa shape index (κ2) is 8.60. The van der Waals surface area contributed by atoms with Crippen molar-refractivity contribution in [1.29, 1.82) is 0 Å². The molecule has 0 spiro atoms. The molecule has 0 saturated carbocycles. The van der Waals surface area contributed by atoms with Gasteiger partial charge in [0.2, 0.25) is 0 Å². The molecule has 1 aliphatic rings. The predicted octanol–water partition coefficient (Wildman–Crippen LogP) is 0.445. The molecule has 0 unspecified atom stereocenters. The second-order valence-corrected chi connectivity index (χ2v) is 9.03. The van der Waals surface area contributed by atoms with Crippen LogP contribution in [-0.2, 0) is 19.4 Å². The second-order valence-electron chi connectivity index (χ2n) is 6.59. The maximum Gasteiger partial charge on any atom is 0.414 e. The lowest BCUT2D eigenvalue weighted by Crippen LogP contribution is -2.51. The van der Waals surface area contributed by atoms with Crippen LogP contribution in [0.15, 0.2) is 24.3 Å². The quantitative estimate of drug-likeness (QED) is 0.352. The molecule has 0 bridgehead atoms. The van der Waals surface area contributed by atoms with E-state index in [1.807, 2.05) is 0 Å². The Morgan fingerprint density at radius 2 is 2.04 bits per heavy atom. The van der Waals surface area contributed by atoms with Crippen molar-refractivity contribution >= 4 is 27.5 Å². The average molecular weight is 410 g/mol. The predicted molar refractivity (Wildman–Crippen MR) is 100 cm³/mol. The molecule has 0 aliphatic carbocycles. The number of hydrogen-bond acceptors (Lipinski definition) is 7. The van der Waals surface area contributed by atoms with Gasteiger partial charge in [0.25, 0.3) is 5.91 Å². The van der Waals surface area contributed by atoms with Gasteiger partial charge < -0.3 is 9.84 Å². The van der Waals surface area contributed by atoms with E-state index in [9.17, 15) is 18.0 Å². The SMILES string of the molecule is C[C@@](C[C@H]1CN(c2ccc(C#CCCO)cc2)C(=O)O1)(C(=O)NO)S(C)(=O)=O. The van der Waals surface area contributed by atoms with Gasteiger partial charge in [0.15, 0.2) is 14.6 Å². The fourth-order valence-corrected chi connectivity index (χ4v) is 3.62. The minimum Gasteiger partial charge on any atom is -0.444 e. The molecular formula is C18H22N2O7S. The number of nitrogens with one attached hydrogen (secondary N) is 1. The molecule has 2 atom stereocenters. The van der Waals surface area contributed by atoms with E-state index in [4.69, 9.17) is 15.1 Å². The van der Waals surface area contributed by atoms with E-state index in [0.717, 1.165) is 6.26 Å². The standard InChI is InChI=1S/C18H22N2O7S/c1-18(16(22)19-24,28(2,25)26)11-15-12-20(17(23)27-15)14-8-6-13(7-9-14)5-3-4-10-21/h6-9,15,21,24H,4,10-12H2,1-2H3,(H,19,22)/t15-,18+/m0/s1. The van der Waals surface area contributed by atoms with E-state index in [-0.39, 0.29) is 19.6 Å². The topological polar surface area (TPSA) is 133 Å². The summed E-state index contributed by atoms with van der Waals surface area (Å²) in [6.45, 7) is 1.20. The minimum atomic E-state index is -3.89. The van der Waals surface area contributed by atoms with Crippen LogP contribution in [0.5, 0.6) is 0 Å². The zero-order valence-electron chi connectivity index (χ0n) is 15.5. The van der Waals surface area contributed by atoms with Gasteiger partial charge in [-0.25, -0.2) is 18.7 Å². The normalized spacial score (nSPS) is 18.6. The summed E-state index contributed by atoms with van der Waals surface area (Å²) in [6, 6.07) is 6.76. The van der Waals surface area contributed by atoms with Crippen LogP contribution in [0.3, 0.4) is 0 Å². The summed E-state index contributed by atoms with van der Waals surface area (Å²) in [5.74, 6) is 4.57. The molecule has 28 heavy (non-hydrogen) atoms. The Bertz CT molecular complexity index is 902. The fourth-order valence-electron chi connectivity index (χ4n) is 2.75. The van der Waals surface area contributed by atoms with E-state index in [1.54, 1.807) is 24.3 Å². The molecule has 1 saturated heterocycles. The van der Waals surface area contributed by atoms with Crippen molar-refractivity contribution < 1.29 is 33.1 Å². The van der Waals surface area contributed by atoms with Crippen LogP contribution < -0.4 is 10.4 Å². The maximum atomic E-state index is 12.2. The number of carbonyl (C=O) groups excluding carboxylic acids is 2. The molecule has 1 fully saturated rings. The number of hydroxylamine groups is 1. The zero-order chi connectivity index (χ0) is 20.9. The third kappa shape index (κ3) is 4.62. The Morgan fingerprint density at radius 1 is 1.39 bits per heavy atom. The summed E-state index contributed by atoms with van der Waals surface area (Å²) in [5, 5.41) is 17.6. The van der Waals surface area contributed by atoms with Gasteiger partial charge in [0, 0.05) is 30.3 Å². The van der Waals surface area contributed by atoms with Gasteiger partial charge >= 0.3 is 6.09 Å². The summed E-state index contributed by atoms with van der Waals surface area (Å²) in [6.07, 6.45) is -0.570. The van der Waals surface area contributed by atoms with Crippen LogP contribution in [-0.4, -0.2) is 61.0 Å². The third-order valence-corrected chi connectivity index (χ3v) is 6.53. The van der Waals surface area contributed by atoms with Crippen LogP contribution in [0, 0.1) is 11.8 Å². The van der Waals surface area contributed by atoms with Crippen LogP contribution in [0.1, 0.15) is 25.3 Å². The highest BCUT2D eigenvalue weighted by atomic mass is 32.2. The first-order valence-corrected chi connectivity index (χ1v) is 10.3. The van der Waals surface area contributed by atoms with Crippen molar-refractivity contribution in [3.05, 3.63) is 29.8 Å². The molecule has 10 heteroatoms. The number of nitrogens with zero attached hydrogens (tertiary/aromatic N) is 1. The number of anilines is 1. The highest BCUT2D eigenvalue weighted by molar-refractivity contribution is 7.92. The first-order valence-electron chi connectivity index (χ1n) is 8.44. The first kappa shape index (κ1) is 21.7. The highest BCUT2D eigenvalue weighted by Gasteiger charge is 2.48. The lowest BCUT2D eigenvalue weighted by atomic mass is 10.0. The third-order valence-electron chi connectivity index (χ3n) is 4.54. The minimum absolute atomic E-state index is 0.0210. The van der Waals surface area contributed by atoms with E-state index in [1.165, 1.54) is 17.3 Å². The average Bonchev–Trinajstić information content (AvgIpc) is 3.00. The van der Waals surface area contributed by atoms with E-state index in [0.29, 0.717) is 17.7 Å². The molecule has 1 heterocycles. The summed E-state index contributed by atoms with van der Waals surface area (Å²) >= 11 is 0. The number of amides is 2. The van der Waals surface area contributed by atoms with Gasteiger partial charge in [0.05, 0.1) is 13.2 Å². The van der Waals surface area contributed by atoms with Gasteiger partial charge in [-0.05, 0) is 31.2 Å². The Labute approximate surface area is 163 Å². The molecular weight excluding hydrogens is 388 g/mol. The Kier molecular flexibility index (Phi) is 6.66. The lowest BCUT2D eigenvalue weighted by Gasteiger charge is -2.26. The number of carbonyl (C=O) groups is 2. The van der Waals surface area contributed by atoms with Gasteiger partial charge in [-0.3, -0.25) is 14.9 Å². The van der Waals surface area contributed by atoms with Crippen LogP contribution in [0.25, 0.3) is 0 Å². The lowest BCUT2D eigenvalue weighted by molar-refractivity contribution is -0.132. The van der Waals surface area contributed by atoms with E-state index >= 15 is 0 Å². The van der Waals surface area contributed by atoms with Crippen molar-refractivity contribution in [2.24, 2.45) is 0 Å². The monoisotopic (exact) mass is 410 g/mol. The molecule has 152 valence electrons. The number of hydrogen-bond donors (Lipinski definition) is 3. The number of benzene rings is 1. The molecule has 1 aromatic rings. The van der Waals surface area contributed by atoms with Gasteiger partial charge in [0.1, 0.15) is 6.10 Å². The molecule has 2 amide bonds. The molecule has 0 radical (unpaired) electrons. The Balaban J connectivity index is 2.15. The van der Waals surface area contributed by atoms with Crippen LogP contribution >= 0.6 is 0 Å². The summed E-state index contributed by atoms with van der Waals surface area (Å²) in [7, 11) is -3.89. The number of sulfone groups is 1. The molecule has 1 aromatic carbocycles. The Hall–Kier alpha value is -2.61. The van der Waals surface area contributed by atoms with Gasteiger partial charge in [-0.1, -0.05) is 11.8 Å². The van der Waals surface area contributed by atoms with Crippen molar-refractivity contribution in [2.45, 2.75) is 30.6 Å². The molecule has 0 aromatic heterocycles. The zero-order valence-corrected chi connectivity index (χ0v) is 16.3. The van der Waals surface area contributed by atoms with Crippen LogP contribution in [0.2, 0.25) is 0 Å². The van der Waals surface area contributed by atoms with Crippen LogP contribution in [0.4, 0.5) is 10.5 Å². The van der Waals surface area contributed by atoms with Gasteiger partial charge in [-0.2, -0.15) is 0 Å². The summed E-state index contributed by atoms with van der Waals surface area (Å²) in [4.78, 5) is 25.5. The number of cyclic esters (lactones) is 1. The summed E-state index contributed by atoms with van der Waals surface area (Å²) < 4.78 is 27.4. The van der Waals surface area contributed by atoms with Crippen molar-refractivity contribution in [2.75, 3.05) is 24.3 Å². The Morgan fingerprint density at radius 3 is 2.57 bits per heavy atom. The van der Waals surface area contributed by atoms with Crippen molar-refractivity contribution in [3.8, 4) is 11.8 Å². The fraction of sp³-hybridized carbons (Fsp3) is 0.444. The van der Waals surface area contributed by atoms with Crippen molar-refractivity contribution in [3.63, 3.8) is 0 Å².